The van der Waals surface area contributed by atoms with E-state index < -0.39 is 0 Å². The molecule has 90 valence electrons. The fraction of sp³-hybridized carbons (Fsp3) is 0.333. The molecule has 2 N–H and O–H groups in total. The van der Waals surface area contributed by atoms with Crippen LogP contribution >= 0.6 is 11.3 Å². The molecule has 0 atom stereocenters. The summed E-state index contributed by atoms with van der Waals surface area (Å²) in [5.74, 6) is 0.945. The summed E-state index contributed by atoms with van der Waals surface area (Å²) < 4.78 is 0. The molecule has 0 amide bonds. The lowest BCUT2D eigenvalue weighted by Gasteiger charge is -2.20. The summed E-state index contributed by atoms with van der Waals surface area (Å²) in [5.41, 5.74) is 10.7. The smallest absolute Gasteiger partial charge is 0.133 e. The molecule has 0 fully saturated rings. The Balaban J connectivity index is 2.23. The molecule has 0 radical (unpaired) electrons. The van der Waals surface area contributed by atoms with Gasteiger partial charge < -0.3 is 10.6 Å². The lowest BCUT2D eigenvalue weighted by atomic mass is 10.2. The van der Waals surface area contributed by atoms with Crippen LogP contribution in [0.25, 0.3) is 0 Å². The van der Waals surface area contributed by atoms with Gasteiger partial charge in [0, 0.05) is 30.2 Å². The lowest BCUT2D eigenvalue weighted by molar-refractivity contribution is 0.852. The van der Waals surface area contributed by atoms with Crippen molar-refractivity contribution in [2.75, 3.05) is 11.9 Å². The Labute approximate surface area is 105 Å². The first kappa shape index (κ1) is 12.0. The van der Waals surface area contributed by atoms with Gasteiger partial charge in [0.1, 0.15) is 5.82 Å². The molecule has 4 nitrogen and oxygen atoms in total. The Morgan fingerprint density at radius 3 is 2.88 bits per heavy atom. The summed E-state index contributed by atoms with van der Waals surface area (Å²) in [5, 5.41) is 2.05. The summed E-state index contributed by atoms with van der Waals surface area (Å²) in [4.78, 5) is 10.9. The largest absolute Gasteiger partial charge is 0.353 e. The Morgan fingerprint density at radius 2 is 2.24 bits per heavy atom. The van der Waals surface area contributed by atoms with Crippen LogP contribution in [-0.4, -0.2) is 17.0 Å². The number of aryl methyl sites for hydroxylation is 1. The topological polar surface area (TPSA) is 55.0 Å². The fourth-order valence-electron chi connectivity index (χ4n) is 1.70. The number of nitrogens with zero attached hydrogens (tertiary/aromatic N) is 3. The maximum Gasteiger partial charge on any atom is 0.133 e. The van der Waals surface area contributed by atoms with Gasteiger partial charge in [0.25, 0.3) is 0 Å². The molecular weight excluding hydrogens is 232 g/mol. The molecule has 0 aromatic carbocycles. The monoisotopic (exact) mass is 248 g/mol. The normalized spacial score (nSPS) is 10.5. The second kappa shape index (κ2) is 5.25. The maximum atomic E-state index is 5.73. The highest BCUT2D eigenvalue weighted by Crippen LogP contribution is 2.18. The minimum atomic E-state index is 0.504. The number of hydrogen-bond donors (Lipinski definition) is 1. The number of pyridine rings is 1. The molecule has 17 heavy (non-hydrogen) atoms. The van der Waals surface area contributed by atoms with Gasteiger partial charge in [-0.05, 0) is 13.0 Å². The van der Waals surface area contributed by atoms with Gasteiger partial charge >= 0.3 is 0 Å². The van der Waals surface area contributed by atoms with E-state index >= 15 is 0 Å². The minimum Gasteiger partial charge on any atom is -0.353 e. The number of anilines is 1. The zero-order valence-electron chi connectivity index (χ0n) is 10.1. The molecule has 2 rings (SSSR count). The van der Waals surface area contributed by atoms with E-state index in [-0.39, 0.29) is 0 Å². The van der Waals surface area contributed by atoms with Crippen LogP contribution in [0.1, 0.15) is 17.0 Å². The van der Waals surface area contributed by atoms with Gasteiger partial charge in [-0.25, -0.2) is 9.97 Å². The zero-order valence-corrected chi connectivity index (χ0v) is 10.9. The van der Waals surface area contributed by atoms with E-state index in [0.717, 1.165) is 29.3 Å². The standard InChI is InChI=1S/C12H16N4S/c1-9-3-4-10(5-13)12(15-9)16(2)6-11-7-17-8-14-11/h3-4,7-8H,5-6,13H2,1-2H3. The molecule has 0 bridgehead atoms. The van der Waals surface area contributed by atoms with E-state index in [1.54, 1.807) is 11.3 Å². The number of rotatable bonds is 4. The van der Waals surface area contributed by atoms with Crippen LogP contribution in [0.4, 0.5) is 5.82 Å². The van der Waals surface area contributed by atoms with Crippen LogP contribution in [0.3, 0.4) is 0 Å². The highest BCUT2D eigenvalue weighted by molar-refractivity contribution is 7.07. The van der Waals surface area contributed by atoms with Crippen LogP contribution in [-0.2, 0) is 13.1 Å². The quantitative estimate of drug-likeness (QED) is 0.898. The molecule has 0 aliphatic carbocycles. The van der Waals surface area contributed by atoms with E-state index in [1.807, 2.05) is 31.6 Å². The lowest BCUT2D eigenvalue weighted by Crippen LogP contribution is -2.20. The first-order valence-corrected chi connectivity index (χ1v) is 6.39. The third-order valence-corrected chi connectivity index (χ3v) is 3.19. The summed E-state index contributed by atoms with van der Waals surface area (Å²) >= 11 is 1.61. The van der Waals surface area contributed by atoms with Crippen molar-refractivity contribution in [2.45, 2.75) is 20.0 Å². The van der Waals surface area contributed by atoms with Crippen molar-refractivity contribution in [3.63, 3.8) is 0 Å². The highest BCUT2D eigenvalue weighted by Gasteiger charge is 2.09. The summed E-state index contributed by atoms with van der Waals surface area (Å²) in [6.07, 6.45) is 0. The molecule has 0 unspecified atom stereocenters. The van der Waals surface area contributed by atoms with Crippen molar-refractivity contribution in [1.29, 1.82) is 0 Å². The molecule has 0 saturated heterocycles. The van der Waals surface area contributed by atoms with E-state index in [2.05, 4.69) is 20.2 Å². The Morgan fingerprint density at radius 1 is 1.41 bits per heavy atom. The first-order valence-electron chi connectivity index (χ1n) is 5.45. The average molecular weight is 248 g/mol. The molecule has 2 aromatic heterocycles. The third-order valence-electron chi connectivity index (χ3n) is 2.56. The molecule has 2 aromatic rings. The molecule has 5 heteroatoms. The average Bonchev–Trinajstić information content (AvgIpc) is 2.81. The van der Waals surface area contributed by atoms with Crippen LogP contribution in [0, 0.1) is 6.92 Å². The maximum absolute atomic E-state index is 5.73. The zero-order chi connectivity index (χ0) is 12.3. The Kier molecular flexibility index (Phi) is 3.71. The van der Waals surface area contributed by atoms with Gasteiger partial charge in [0.15, 0.2) is 0 Å². The molecule has 0 aliphatic heterocycles. The third kappa shape index (κ3) is 2.81. The molecule has 2 heterocycles. The van der Waals surface area contributed by atoms with Crippen molar-refractivity contribution in [3.8, 4) is 0 Å². The van der Waals surface area contributed by atoms with Gasteiger partial charge in [0.05, 0.1) is 17.7 Å². The van der Waals surface area contributed by atoms with E-state index in [1.165, 1.54) is 0 Å². The summed E-state index contributed by atoms with van der Waals surface area (Å²) in [6, 6.07) is 4.03. The fourth-order valence-corrected chi connectivity index (χ4v) is 2.24. The van der Waals surface area contributed by atoms with Crippen molar-refractivity contribution >= 4 is 17.2 Å². The van der Waals surface area contributed by atoms with Gasteiger partial charge in [-0.3, -0.25) is 0 Å². The SMILES string of the molecule is Cc1ccc(CN)c(N(C)Cc2cscn2)n1. The van der Waals surface area contributed by atoms with Crippen molar-refractivity contribution in [3.05, 3.63) is 40.0 Å². The second-order valence-electron chi connectivity index (χ2n) is 3.98. The molecule has 0 spiro atoms. The van der Waals surface area contributed by atoms with Gasteiger partial charge in [0.2, 0.25) is 0 Å². The Bertz CT molecular complexity index is 481. The van der Waals surface area contributed by atoms with E-state index in [0.29, 0.717) is 6.54 Å². The summed E-state index contributed by atoms with van der Waals surface area (Å²) in [7, 11) is 2.01. The first-order chi connectivity index (χ1) is 8.20. The van der Waals surface area contributed by atoms with Crippen LogP contribution in [0.2, 0.25) is 0 Å². The highest BCUT2D eigenvalue weighted by atomic mass is 32.1. The van der Waals surface area contributed by atoms with Gasteiger partial charge in [-0.15, -0.1) is 11.3 Å². The van der Waals surface area contributed by atoms with Crippen LogP contribution in [0.5, 0.6) is 0 Å². The Hall–Kier alpha value is -1.46. The molecule has 0 aliphatic rings. The van der Waals surface area contributed by atoms with Gasteiger partial charge in [-0.1, -0.05) is 6.07 Å². The van der Waals surface area contributed by atoms with Crippen molar-refractivity contribution < 1.29 is 0 Å². The predicted molar refractivity (Wildman–Crippen MR) is 71.1 cm³/mol. The second-order valence-corrected chi connectivity index (χ2v) is 4.69. The molecular formula is C12H16N4S. The molecule has 0 saturated carbocycles. The van der Waals surface area contributed by atoms with E-state index in [9.17, 15) is 0 Å². The summed E-state index contributed by atoms with van der Waals surface area (Å²) in [6.45, 7) is 3.25. The number of thiazole rings is 1. The van der Waals surface area contributed by atoms with Crippen LogP contribution in [0.15, 0.2) is 23.0 Å². The number of hydrogen-bond acceptors (Lipinski definition) is 5. The van der Waals surface area contributed by atoms with Crippen molar-refractivity contribution in [1.82, 2.24) is 9.97 Å². The van der Waals surface area contributed by atoms with Crippen LogP contribution < -0.4 is 10.6 Å². The minimum absolute atomic E-state index is 0.504. The van der Waals surface area contributed by atoms with Crippen molar-refractivity contribution in [2.24, 2.45) is 5.73 Å². The number of aromatic nitrogens is 2. The number of nitrogens with two attached hydrogens (primary N) is 1. The predicted octanol–water partition coefficient (Wildman–Crippen LogP) is 1.94. The van der Waals surface area contributed by atoms with Gasteiger partial charge in [-0.2, -0.15) is 0 Å². The van der Waals surface area contributed by atoms with E-state index in [4.69, 9.17) is 5.73 Å².